The average Bonchev–Trinajstić information content (AvgIpc) is 2.45. The Bertz CT molecular complexity index is 571. The second-order valence-corrected chi connectivity index (χ2v) is 5.74. The predicted octanol–water partition coefficient (Wildman–Crippen LogP) is 4.14. The number of anilines is 1. The van der Waals surface area contributed by atoms with E-state index < -0.39 is 12.3 Å². The summed E-state index contributed by atoms with van der Waals surface area (Å²) in [6.07, 6.45) is -3.91. The van der Waals surface area contributed by atoms with Crippen LogP contribution in [0.3, 0.4) is 0 Å². The van der Waals surface area contributed by atoms with Crippen molar-refractivity contribution < 1.29 is 26.7 Å². The molecule has 0 amide bonds. The summed E-state index contributed by atoms with van der Waals surface area (Å²) in [5.41, 5.74) is 6.09. The minimum Gasteiger partial charge on any atom is -0.406 e. The number of hydrogen-bond donors (Lipinski definition) is 2. The maximum atomic E-state index is 13.3. The van der Waals surface area contributed by atoms with Gasteiger partial charge in [0.1, 0.15) is 5.75 Å². The average molecular weight is 351 g/mol. The van der Waals surface area contributed by atoms with Gasteiger partial charge in [0.05, 0.1) is 0 Å². The molecule has 1 aromatic rings. The van der Waals surface area contributed by atoms with Crippen LogP contribution < -0.4 is 15.8 Å². The van der Waals surface area contributed by atoms with Crippen LogP contribution in [0.2, 0.25) is 0 Å². The molecule has 0 aliphatic heterocycles. The molecule has 0 spiro atoms. The standard InChI is InChI=1S/C15H18F5N3O/c16-14(17)7-1-2-10(8-14)9-22-13(21)23-11-3-5-12(6-4-11)24-15(18,19)20/h3-6,10H,1-2,7-9H2,(H3,21,22,23). The molecular formula is C15H18F5N3O. The number of hydrogen-bond acceptors (Lipinski definition) is 2. The molecule has 24 heavy (non-hydrogen) atoms. The van der Waals surface area contributed by atoms with E-state index in [1.54, 1.807) is 0 Å². The predicted molar refractivity (Wildman–Crippen MR) is 80.1 cm³/mol. The molecule has 1 unspecified atom stereocenters. The second kappa shape index (κ2) is 7.23. The Labute approximate surface area is 135 Å². The summed E-state index contributed by atoms with van der Waals surface area (Å²) in [6, 6.07) is 4.95. The number of nitrogens with two attached hydrogens (primary N) is 1. The number of nitrogens with zero attached hydrogens (tertiary/aromatic N) is 1. The first kappa shape index (κ1) is 18.3. The van der Waals surface area contributed by atoms with E-state index in [1.807, 2.05) is 0 Å². The largest absolute Gasteiger partial charge is 0.573 e. The molecule has 4 nitrogen and oxygen atoms in total. The molecule has 1 aliphatic rings. The SMILES string of the molecule is NC(=NCC1CCCC(F)(F)C1)Nc1ccc(OC(F)(F)F)cc1. The van der Waals surface area contributed by atoms with Gasteiger partial charge in [-0.05, 0) is 43.0 Å². The van der Waals surface area contributed by atoms with Gasteiger partial charge in [0.15, 0.2) is 5.96 Å². The first-order chi connectivity index (χ1) is 11.1. The zero-order valence-corrected chi connectivity index (χ0v) is 12.7. The molecule has 0 radical (unpaired) electrons. The fourth-order valence-corrected chi connectivity index (χ4v) is 2.59. The van der Waals surface area contributed by atoms with Crippen LogP contribution in [0.15, 0.2) is 29.3 Å². The highest BCUT2D eigenvalue weighted by atomic mass is 19.4. The molecule has 0 saturated heterocycles. The number of nitrogens with one attached hydrogen (secondary N) is 1. The van der Waals surface area contributed by atoms with Crippen molar-refractivity contribution >= 4 is 11.6 Å². The van der Waals surface area contributed by atoms with Crippen LogP contribution in [0.5, 0.6) is 5.75 Å². The maximum Gasteiger partial charge on any atom is 0.573 e. The van der Waals surface area contributed by atoms with E-state index in [0.29, 0.717) is 18.5 Å². The number of alkyl halides is 5. The van der Waals surface area contributed by atoms with Crippen molar-refractivity contribution in [1.82, 2.24) is 0 Å². The van der Waals surface area contributed by atoms with Crippen molar-refractivity contribution in [2.45, 2.75) is 38.0 Å². The van der Waals surface area contributed by atoms with E-state index >= 15 is 0 Å². The number of aliphatic imine (C=N–C) groups is 1. The Balaban J connectivity index is 1.86. The molecule has 2 rings (SSSR count). The summed E-state index contributed by atoms with van der Waals surface area (Å²) >= 11 is 0. The summed E-state index contributed by atoms with van der Waals surface area (Å²) in [4.78, 5) is 4.03. The molecule has 1 fully saturated rings. The molecular weight excluding hydrogens is 333 g/mol. The highest BCUT2D eigenvalue weighted by Crippen LogP contribution is 2.36. The second-order valence-electron chi connectivity index (χ2n) is 5.74. The lowest BCUT2D eigenvalue weighted by Crippen LogP contribution is -2.29. The van der Waals surface area contributed by atoms with Crippen LogP contribution >= 0.6 is 0 Å². The van der Waals surface area contributed by atoms with Crippen LogP contribution in [-0.4, -0.2) is 24.8 Å². The summed E-state index contributed by atoms with van der Waals surface area (Å²) < 4.78 is 66.5. The molecule has 9 heteroatoms. The van der Waals surface area contributed by atoms with Crippen LogP contribution in [0.4, 0.5) is 27.6 Å². The van der Waals surface area contributed by atoms with E-state index in [9.17, 15) is 22.0 Å². The van der Waals surface area contributed by atoms with Gasteiger partial charge in [-0.3, -0.25) is 4.99 Å². The zero-order valence-electron chi connectivity index (χ0n) is 12.7. The van der Waals surface area contributed by atoms with Crippen molar-refractivity contribution in [3.05, 3.63) is 24.3 Å². The molecule has 1 aromatic carbocycles. The monoisotopic (exact) mass is 351 g/mol. The normalized spacial score (nSPS) is 21.4. The van der Waals surface area contributed by atoms with Gasteiger partial charge in [0, 0.05) is 25.1 Å². The molecule has 0 aromatic heterocycles. The van der Waals surface area contributed by atoms with Gasteiger partial charge in [-0.15, -0.1) is 13.2 Å². The minimum atomic E-state index is -4.75. The van der Waals surface area contributed by atoms with Gasteiger partial charge in [-0.25, -0.2) is 8.78 Å². The van der Waals surface area contributed by atoms with Gasteiger partial charge >= 0.3 is 6.36 Å². The van der Waals surface area contributed by atoms with E-state index in [4.69, 9.17) is 5.73 Å². The first-order valence-corrected chi connectivity index (χ1v) is 7.43. The van der Waals surface area contributed by atoms with E-state index in [0.717, 1.165) is 12.1 Å². The van der Waals surface area contributed by atoms with Crippen LogP contribution in [0, 0.1) is 5.92 Å². The summed E-state index contributed by atoms with van der Waals surface area (Å²) in [6.45, 7) is 0.184. The lowest BCUT2D eigenvalue weighted by molar-refractivity contribution is -0.274. The molecule has 0 bridgehead atoms. The lowest BCUT2D eigenvalue weighted by Gasteiger charge is -2.27. The highest BCUT2D eigenvalue weighted by molar-refractivity contribution is 5.92. The van der Waals surface area contributed by atoms with Gasteiger partial charge < -0.3 is 15.8 Å². The first-order valence-electron chi connectivity index (χ1n) is 7.43. The zero-order chi connectivity index (χ0) is 17.8. The van der Waals surface area contributed by atoms with E-state index in [1.165, 1.54) is 12.1 Å². The van der Waals surface area contributed by atoms with E-state index in [2.05, 4.69) is 15.0 Å². The summed E-state index contributed by atoms with van der Waals surface area (Å²) in [5.74, 6) is -3.20. The Morgan fingerprint density at radius 1 is 1.29 bits per heavy atom. The van der Waals surface area contributed by atoms with Crippen molar-refractivity contribution in [3.8, 4) is 5.75 Å². The molecule has 1 atom stereocenters. The molecule has 0 heterocycles. The van der Waals surface area contributed by atoms with Gasteiger partial charge in [0.2, 0.25) is 5.92 Å². The molecule has 1 saturated carbocycles. The highest BCUT2D eigenvalue weighted by Gasteiger charge is 2.36. The fourth-order valence-electron chi connectivity index (χ4n) is 2.59. The van der Waals surface area contributed by atoms with E-state index in [-0.39, 0.29) is 37.0 Å². The number of benzene rings is 1. The Morgan fingerprint density at radius 3 is 2.54 bits per heavy atom. The summed E-state index contributed by atoms with van der Waals surface area (Å²) in [5, 5.41) is 2.70. The fraction of sp³-hybridized carbons (Fsp3) is 0.533. The number of ether oxygens (including phenoxy) is 1. The van der Waals surface area contributed by atoms with Crippen molar-refractivity contribution in [2.24, 2.45) is 16.6 Å². The minimum absolute atomic E-state index is 0.0216. The molecule has 3 N–H and O–H groups in total. The quantitative estimate of drug-likeness (QED) is 0.487. The molecule has 1 aliphatic carbocycles. The van der Waals surface area contributed by atoms with Crippen molar-refractivity contribution in [3.63, 3.8) is 0 Å². The topological polar surface area (TPSA) is 59.6 Å². The van der Waals surface area contributed by atoms with Crippen LogP contribution in [-0.2, 0) is 0 Å². The Morgan fingerprint density at radius 2 is 1.96 bits per heavy atom. The van der Waals surface area contributed by atoms with Crippen LogP contribution in [0.25, 0.3) is 0 Å². The molecule has 134 valence electrons. The van der Waals surface area contributed by atoms with Gasteiger partial charge in [-0.2, -0.15) is 0 Å². The summed E-state index contributed by atoms with van der Waals surface area (Å²) in [7, 11) is 0. The van der Waals surface area contributed by atoms with Crippen molar-refractivity contribution in [2.75, 3.05) is 11.9 Å². The third-order valence-corrected chi connectivity index (χ3v) is 3.62. The Kier molecular flexibility index (Phi) is 5.51. The Hall–Kier alpha value is -2.06. The maximum absolute atomic E-state index is 13.3. The van der Waals surface area contributed by atoms with Crippen molar-refractivity contribution in [1.29, 1.82) is 0 Å². The van der Waals surface area contributed by atoms with Gasteiger partial charge in [-0.1, -0.05) is 0 Å². The number of rotatable bonds is 4. The smallest absolute Gasteiger partial charge is 0.406 e. The number of halogens is 5. The third kappa shape index (κ3) is 6.21. The van der Waals surface area contributed by atoms with Gasteiger partial charge in [0.25, 0.3) is 0 Å². The lowest BCUT2D eigenvalue weighted by atomic mass is 9.87. The third-order valence-electron chi connectivity index (χ3n) is 3.62. The van der Waals surface area contributed by atoms with Crippen LogP contribution in [0.1, 0.15) is 25.7 Å². The number of guanidine groups is 1.